The number of nitriles is 1. The first kappa shape index (κ1) is 19.1. The second kappa shape index (κ2) is 9.28. The Bertz CT molecular complexity index is 832. The summed E-state index contributed by atoms with van der Waals surface area (Å²) in [6.07, 6.45) is 2.82. The number of ether oxygens (including phenoxy) is 3. The van der Waals surface area contributed by atoms with Crippen molar-refractivity contribution < 1.29 is 19.0 Å². The lowest BCUT2D eigenvalue weighted by molar-refractivity contribution is -0.134. The second-order valence-corrected chi connectivity index (χ2v) is 5.53. The van der Waals surface area contributed by atoms with Crippen molar-refractivity contribution >= 4 is 17.6 Å². The molecular formula is C21H21NO4. The molecule has 2 rings (SSSR count). The van der Waals surface area contributed by atoms with E-state index < -0.39 is 0 Å². The lowest BCUT2D eigenvalue weighted by atomic mass is 10.0. The lowest BCUT2D eigenvalue weighted by Crippen LogP contribution is -2.07. The van der Waals surface area contributed by atoms with Gasteiger partial charge in [0.15, 0.2) is 11.5 Å². The Morgan fingerprint density at radius 1 is 1.08 bits per heavy atom. The molecule has 5 nitrogen and oxygen atoms in total. The molecule has 0 N–H and O–H groups in total. The third kappa shape index (κ3) is 4.87. The minimum atomic E-state index is -0.301. The molecule has 2 aromatic carbocycles. The first-order valence-electron chi connectivity index (χ1n) is 8.26. The summed E-state index contributed by atoms with van der Waals surface area (Å²) in [5, 5.41) is 9.48. The van der Waals surface area contributed by atoms with Crippen LogP contribution in [0.2, 0.25) is 0 Å². The molecule has 0 radical (unpaired) electrons. The van der Waals surface area contributed by atoms with Crippen molar-refractivity contribution in [2.45, 2.75) is 19.8 Å². The monoisotopic (exact) mass is 351 g/mol. The molecule has 0 fully saturated rings. The van der Waals surface area contributed by atoms with Gasteiger partial charge in [-0.3, -0.25) is 4.79 Å². The number of esters is 1. The summed E-state index contributed by atoms with van der Waals surface area (Å²) in [5.74, 6) is 1.23. The maximum atomic E-state index is 11.7. The number of hydrogen-bond donors (Lipinski definition) is 0. The number of rotatable bonds is 7. The molecule has 0 atom stereocenters. The van der Waals surface area contributed by atoms with Crippen LogP contribution in [0.3, 0.4) is 0 Å². The van der Waals surface area contributed by atoms with E-state index in [-0.39, 0.29) is 5.97 Å². The number of carbonyl (C=O) groups is 1. The van der Waals surface area contributed by atoms with Crippen LogP contribution in [0.4, 0.5) is 0 Å². The Hall–Kier alpha value is -3.26. The summed E-state index contributed by atoms with van der Waals surface area (Å²) in [7, 11) is 3.10. The van der Waals surface area contributed by atoms with Gasteiger partial charge in [-0.15, -0.1) is 0 Å². The number of hydrogen-bond acceptors (Lipinski definition) is 5. The highest BCUT2D eigenvalue weighted by Gasteiger charge is 2.10. The maximum absolute atomic E-state index is 11.7. The van der Waals surface area contributed by atoms with Crippen LogP contribution in [0.15, 0.2) is 42.5 Å². The van der Waals surface area contributed by atoms with Crippen LogP contribution < -0.4 is 14.2 Å². The third-order valence-electron chi connectivity index (χ3n) is 3.70. The highest BCUT2D eigenvalue weighted by atomic mass is 16.6. The zero-order chi connectivity index (χ0) is 18.9. The summed E-state index contributed by atoms with van der Waals surface area (Å²) in [4.78, 5) is 11.7. The second-order valence-electron chi connectivity index (χ2n) is 5.53. The molecule has 0 saturated carbocycles. The molecular weight excluding hydrogens is 330 g/mol. The Balaban J connectivity index is 2.30. The van der Waals surface area contributed by atoms with E-state index in [0.717, 1.165) is 23.3 Å². The molecule has 0 amide bonds. The average molecular weight is 351 g/mol. The van der Waals surface area contributed by atoms with Gasteiger partial charge in [-0.2, -0.15) is 5.26 Å². The van der Waals surface area contributed by atoms with Gasteiger partial charge in [0.05, 0.1) is 25.9 Å². The van der Waals surface area contributed by atoms with Crippen molar-refractivity contribution in [2.75, 3.05) is 14.2 Å². The predicted molar refractivity (Wildman–Crippen MR) is 100 cm³/mol. The maximum Gasteiger partial charge on any atom is 0.311 e. The Labute approximate surface area is 153 Å². The molecule has 0 aliphatic rings. The smallest absolute Gasteiger partial charge is 0.311 e. The highest BCUT2D eigenvalue weighted by Crippen LogP contribution is 2.30. The predicted octanol–water partition coefficient (Wildman–Crippen LogP) is 4.47. The van der Waals surface area contributed by atoms with Gasteiger partial charge in [0.2, 0.25) is 0 Å². The third-order valence-corrected chi connectivity index (χ3v) is 3.70. The molecule has 5 heteroatoms. The fourth-order valence-corrected chi connectivity index (χ4v) is 2.35. The van der Waals surface area contributed by atoms with E-state index in [2.05, 4.69) is 6.07 Å². The SMILES string of the molecule is CCCC(=O)Oc1ccc(/C=C(/C#N)c2ccc(OC)cc2)cc1OC. The molecule has 0 aromatic heterocycles. The quantitative estimate of drug-likeness (QED) is 0.318. The van der Waals surface area contributed by atoms with Gasteiger partial charge in [-0.05, 0) is 60.0 Å². The highest BCUT2D eigenvalue weighted by molar-refractivity contribution is 5.90. The van der Waals surface area contributed by atoms with Crippen LogP contribution in [0.5, 0.6) is 17.2 Å². The van der Waals surface area contributed by atoms with Crippen molar-refractivity contribution in [1.82, 2.24) is 0 Å². The van der Waals surface area contributed by atoms with Crippen LogP contribution in [0, 0.1) is 11.3 Å². The molecule has 2 aromatic rings. The average Bonchev–Trinajstić information content (AvgIpc) is 2.67. The van der Waals surface area contributed by atoms with Crippen LogP contribution in [-0.2, 0) is 4.79 Å². The molecule has 26 heavy (non-hydrogen) atoms. The fourth-order valence-electron chi connectivity index (χ4n) is 2.35. The molecule has 0 spiro atoms. The van der Waals surface area contributed by atoms with E-state index in [1.54, 1.807) is 43.5 Å². The van der Waals surface area contributed by atoms with Gasteiger partial charge >= 0.3 is 5.97 Å². The summed E-state index contributed by atoms with van der Waals surface area (Å²) < 4.78 is 15.8. The first-order chi connectivity index (χ1) is 12.6. The zero-order valence-corrected chi connectivity index (χ0v) is 15.1. The Morgan fingerprint density at radius 2 is 1.81 bits per heavy atom. The number of allylic oxidation sites excluding steroid dienone is 1. The fraction of sp³-hybridized carbons (Fsp3) is 0.238. The van der Waals surface area contributed by atoms with E-state index in [4.69, 9.17) is 14.2 Å². The minimum Gasteiger partial charge on any atom is -0.497 e. The van der Waals surface area contributed by atoms with Crippen LogP contribution >= 0.6 is 0 Å². The molecule has 0 saturated heterocycles. The van der Waals surface area contributed by atoms with Gasteiger partial charge in [0.1, 0.15) is 5.75 Å². The zero-order valence-electron chi connectivity index (χ0n) is 15.1. The van der Waals surface area contributed by atoms with E-state index in [0.29, 0.717) is 23.5 Å². The summed E-state index contributed by atoms with van der Waals surface area (Å²) in [6.45, 7) is 1.91. The summed E-state index contributed by atoms with van der Waals surface area (Å²) in [5.41, 5.74) is 2.06. The van der Waals surface area contributed by atoms with Gasteiger partial charge < -0.3 is 14.2 Å². The van der Waals surface area contributed by atoms with E-state index in [1.165, 1.54) is 7.11 Å². The van der Waals surface area contributed by atoms with Gasteiger partial charge in [0.25, 0.3) is 0 Å². The number of nitrogens with zero attached hydrogens (tertiary/aromatic N) is 1. The van der Waals surface area contributed by atoms with Crippen LogP contribution in [0.25, 0.3) is 11.6 Å². The van der Waals surface area contributed by atoms with E-state index in [9.17, 15) is 10.1 Å². The van der Waals surface area contributed by atoms with Crippen molar-refractivity contribution in [3.8, 4) is 23.3 Å². The molecule has 134 valence electrons. The molecule has 0 bridgehead atoms. The van der Waals surface area contributed by atoms with Crippen molar-refractivity contribution in [3.05, 3.63) is 53.6 Å². The molecule has 0 aliphatic carbocycles. The van der Waals surface area contributed by atoms with Gasteiger partial charge in [-0.1, -0.05) is 13.0 Å². The normalized spacial score (nSPS) is 10.8. The Morgan fingerprint density at radius 3 is 2.38 bits per heavy atom. The van der Waals surface area contributed by atoms with Crippen molar-refractivity contribution in [2.24, 2.45) is 0 Å². The largest absolute Gasteiger partial charge is 0.497 e. The van der Waals surface area contributed by atoms with Crippen LogP contribution in [-0.4, -0.2) is 20.2 Å². The van der Waals surface area contributed by atoms with Gasteiger partial charge in [-0.25, -0.2) is 0 Å². The topological polar surface area (TPSA) is 68.6 Å². The van der Waals surface area contributed by atoms with Gasteiger partial charge in [0, 0.05) is 6.42 Å². The molecule has 0 heterocycles. The Kier molecular flexibility index (Phi) is 6.81. The number of carbonyl (C=O) groups excluding carboxylic acids is 1. The molecule has 0 aliphatic heterocycles. The number of methoxy groups -OCH3 is 2. The lowest BCUT2D eigenvalue weighted by Gasteiger charge is -2.10. The standard InChI is InChI=1S/C21H21NO4/c1-4-5-21(23)26-19-11-6-15(13-20(19)25-3)12-17(14-22)16-7-9-18(24-2)10-8-16/h6-13H,4-5H2,1-3H3/b17-12-. The minimum absolute atomic E-state index is 0.301. The van der Waals surface area contributed by atoms with E-state index in [1.807, 2.05) is 19.1 Å². The van der Waals surface area contributed by atoms with Crippen molar-refractivity contribution in [1.29, 1.82) is 5.26 Å². The summed E-state index contributed by atoms with van der Waals surface area (Å²) in [6, 6.07) is 14.6. The summed E-state index contributed by atoms with van der Waals surface area (Å²) >= 11 is 0. The van der Waals surface area contributed by atoms with Crippen LogP contribution in [0.1, 0.15) is 30.9 Å². The van der Waals surface area contributed by atoms with Crippen molar-refractivity contribution in [3.63, 3.8) is 0 Å². The molecule has 0 unspecified atom stereocenters. The number of benzene rings is 2. The first-order valence-corrected chi connectivity index (χ1v) is 8.26. The van der Waals surface area contributed by atoms with E-state index >= 15 is 0 Å².